The summed E-state index contributed by atoms with van der Waals surface area (Å²) in [5.74, 6) is -7.09. The minimum Gasteiger partial charge on any atom is -0.429 e. The average molecular weight is 643 g/mol. The highest BCUT2D eigenvalue weighted by atomic mass is 19.3. The van der Waals surface area contributed by atoms with Gasteiger partial charge < -0.3 is 9.47 Å². The number of hydrogen-bond acceptors (Lipinski definition) is 2. The minimum absolute atomic E-state index is 0.0472. The Morgan fingerprint density at radius 1 is 0.761 bits per heavy atom. The third-order valence-corrected chi connectivity index (χ3v) is 8.15. The topological polar surface area (TPSA) is 18.5 Å². The Hall–Kier alpha value is -4.11. The zero-order chi connectivity index (χ0) is 32.8. The van der Waals surface area contributed by atoms with Crippen LogP contribution in [-0.2, 0) is 4.74 Å². The molecule has 1 fully saturated rings. The van der Waals surface area contributed by atoms with Crippen LogP contribution in [0, 0.1) is 35.0 Å². The summed E-state index contributed by atoms with van der Waals surface area (Å²) in [4.78, 5) is 0. The van der Waals surface area contributed by atoms with Gasteiger partial charge in [-0.2, -0.15) is 8.78 Å². The molecule has 1 aliphatic heterocycles. The van der Waals surface area contributed by atoms with Crippen LogP contribution in [0.3, 0.4) is 0 Å². The summed E-state index contributed by atoms with van der Waals surface area (Å²) < 4.78 is 109. The molecule has 0 amide bonds. The fraction of sp³-hybridized carbons (Fsp3) is 0.297. The monoisotopic (exact) mass is 642 g/mol. The summed E-state index contributed by atoms with van der Waals surface area (Å²) in [6.07, 6.45) is 3.85. The first kappa shape index (κ1) is 33.3. The summed E-state index contributed by atoms with van der Waals surface area (Å²) in [5.41, 5.74) is 2.57. The van der Waals surface area contributed by atoms with E-state index < -0.39 is 40.9 Å². The SMILES string of the molecule is CCCCCC1CCC(c2ccc(-c3ccc(-c4ccc(/C=C/C(F)(F)Oc5cc(F)c(F)c(F)c5)c(F)c4)c(F)c3)cc2)OC1. The summed E-state index contributed by atoms with van der Waals surface area (Å²) in [6.45, 7) is 2.97. The molecule has 2 unspecified atom stereocenters. The fourth-order valence-electron chi connectivity index (χ4n) is 5.60. The van der Waals surface area contributed by atoms with E-state index in [9.17, 15) is 26.3 Å². The lowest BCUT2D eigenvalue weighted by atomic mass is 9.90. The molecule has 46 heavy (non-hydrogen) atoms. The van der Waals surface area contributed by atoms with Crippen molar-refractivity contribution in [2.75, 3.05) is 6.61 Å². The van der Waals surface area contributed by atoms with E-state index in [2.05, 4.69) is 11.7 Å². The maximum atomic E-state index is 15.2. The Morgan fingerprint density at radius 3 is 2.07 bits per heavy atom. The number of rotatable bonds is 11. The highest BCUT2D eigenvalue weighted by Crippen LogP contribution is 2.35. The van der Waals surface area contributed by atoms with Crippen LogP contribution in [0.25, 0.3) is 28.3 Å². The van der Waals surface area contributed by atoms with Gasteiger partial charge in [-0.15, -0.1) is 0 Å². The average Bonchev–Trinajstić information content (AvgIpc) is 3.03. The van der Waals surface area contributed by atoms with Crippen molar-refractivity contribution in [1.82, 2.24) is 0 Å². The van der Waals surface area contributed by atoms with Crippen LogP contribution >= 0.6 is 0 Å². The van der Waals surface area contributed by atoms with E-state index in [1.54, 1.807) is 6.07 Å². The molecular formula is C37H33F7O2. The van der Waals surface area contributed by atoms with E-state index in [0.29, 0.717) is 17.6 Å². The maximum Gasteiger partial charge on any atom is 0.419 e. The number of alkyl halides is 2. The molecule has 2 atom stereocenters. The molecule has 1 heterocycles. The zero-order valence-electron chi connectivity index (χ0n) is 25.1. The van der Waals surface area contributed by atoms with Crippen LogP contribution in [0.5, 0.6) is 5.75 Å². The Kier molecular flexibility index (Phi) is 10.5. The normalized spacial score (nSPS) is 17.0. The van der Waals surface area contributed by atoms with Crippen molar-refractivity contribution < 1.29 is 40.2 Å². The van der Waals surface area contributed by atoms with Crippen molar-refractivity contribution in [2.24, 2.45) is 5.92 Å². The van der Waals surface area contributed by atoms with E-state index in [0.717, 1.165) is 36.6 Å². The molecule has 242 valence electrons. The molecule has 0 bridgehead atoms. The van der Waals surface area contributed by atoms with Gasteiger partial charge in [0.05, 0.1) is 12.7 Å². The van der Waals surface area contributed by atoms with E-state index in [4.69, 9.17) is 4.74 Å². The molecule has 0 spiro atoms. The molecule has 5 rings (SSSR count). The van der Waals surface area contributed by atoms with E-state index >= 15 is 4.39 Å². The lowest BCUT2D eigenvalue weighted by Crippen LogP contribution is -2.21. The van der Waals surface area contributed by atoms with Gasteiger partial charge in [0.2, 0.25) is 0 Å². The highest BCUT2D eigenvalue weighted by Gasteiger charge is 2.29. The molecule has 0 saturated carbocycles. The Morgan fingerprint density at radius 2 is 1.43 bits per heavy atom. The predicted molar refractivity (Wildman–Crippen MR) is 164 cm³/mol. The highest BCUT2D eigenvalue weighted by molar-refractivity contribution is 5.72. The van der Waals surface area contributed by atoms with E-state index in [1.165, 1.54) is 49.9 Å². The Balaban J connectivity index is 1.22. The van der Waals surface area contributed by atoms with Gasteiger partial charge >= 0.3 is 6.11 Å². The van der Waals surface area contributed by atoms with Crippen molar-refractivity contribution in [3.8, 4) is 28.0 Å². The van der Waals surface area contributed by atoms with Gasteiger partial charge in [0.1, 0.15) is 17.4 Å². The van der Waals surface area contributed by atoms with Gasteiger partial charge in [0, 0.05) is 29.3 Å². The van der Waals surface area contributed by atoms with Crippen molar-refractivity contribution in [2.45, 2.75) is 57.7 Å². The minimum atomic E-state index is -4.11. The maximum absolute atomic E-state index is 15.2. The van der Waals surface area contributed by atoms with Crippen LogP contribution < -0.4 is 4.74 Å². The first-order valence-electron chi connectivity index (χ1n) is 15.2. The van der Waals surface area contributed by atoms with Gasteiger partial charge in [0.25, 0.3) is 0 Å². The summed E-state index contributed by atoms with van der Waals surface area (Å²) in [7, 11) is 0. The second-order valence-electron chi connectivity index (χ2n) is 11.5. The number of hydrogen-bond donors (Lipinski definition) is 0. The molecular weight excluding hydrogens is 609 g/mol. The summed E-state index contributed by atoms with van der Waals surface area (Å²) >= 11 is 0. The van der Waals surface area contributed by atoms with Crippen LogP contribution in [0.4, 0.5) is 30.7 Å². The molecule has 0 N–H and O–H groups in total. The summed E-state index contributed by atoms with van der Waals surface area (Å²) in [6, 6.07) is 16.5. The first-order chi connectivity index (χ1) is 22.0. The lowest BCUT2D eigenvalue weighted by Gasteiger charge is -2.29. The second kappa shape index (κ2) is 14.5. The standard InChI is InChI=1S/C37H33F7O2/c1-2-3-4-5-23-6-15-35(45-22-23)26-10-7-24(8-11-26)27-13-14-30(32(39)18-27)28-12-9-25(31(38)19-28)16-17-37(43,44)46-29-20-33(40)36(42)34(41)21-29/h7-14,16-21,23,35H,2-6,15,22H2,1H3/b17-16+. The molecule has 1 saturated heterocycles. The zero-order valence-corrected chi connectivity index (χ0v) is 25.1. The molecule has 4 aromatic carbocycles. The Labute approximate surface area is 263 Å². The van der Waals surface area contributed by atoms with Gasteiger partial charge in [-0.05, 0) is 65.6 Å². The van der Waals surface area contributed by atoms with Crippen molar-refractivity contribution in [3.05, 3.63) is 119 Å². The molecule has 1 aliphatic rings. The van der Waals surface area contributed by atoms with Crippen LogP contribution in [-0.4, -0.2) is 12.7 Å². The van der Waals surface area contributed by atoms with Crippen molar-refractivity contribution in [1.29, 1.82) is 0 Å². The number of benzene rings is 4. The predicted octanol–water partition coefficient (Wildman–Crippen LogP) is 11.4. The molecule has 9 heteroatoms. The number of ether oxygens (including phenoxy) is 2. The molecule has 0 aliphatic carbocycles. The third-order valence-electron chi connectivity index (χ3n) is 8.15. The van der Waals surface area contributed by atoms with Crippen molar-refractivity contribution in [3.63, 3.8) is 0 Å². The molecule has 2 nitrogen and oxygen atoms in total. The first-order valence-corrected chi connectivity index (χ1v) is 15.2. The van der Waals surface area contributed by atoms with Crippen LogP contribution in [0.2, 0.25) is 0 Å². The third kappa shape index (κ3) is 8.18. The lowest BCUT2D eigenvalue weighted by molar-refractivity contribution is -0.131. The fourth-order valence-corrected chi connectivity index (χ4v) is 5.60. The van der Waals surface area contributed by atoms with Gasteiger partial charge in [0.15, 0.2) is 17.5 Å². The van der Waals surface area contributed by atoms with Gasteiger partial charge in [-0.3, -0.25) is 0 Å². The molecule has 0 aromatic heterocycles. The quantitative estimate of drug-likeness (QED) is 0.0921. The van der Waals surface area contributed by atoms with E-state index in [-0.39, 0.29) is 41.0 Å². The summed E-state index contributed by atoms with van der Waals surface area (Å²) in [5, 5.41) is 0. The van der Waals surface area contributed by atoms with Gasteiger partial charge in [-0.25, -0.2) is 22.0 Å². The van der Waals surface area contributed by atoms with E-state index in [1.807, 2.05) is 24.3 Å². The van der Waals surface area contributed by atoms with Crippen LogP contribution in [0.15, 0.2) is 78.9 Å². The molecule has 4 aromatic rings. The molecule has 0 radical (unpaired) electrons. The van der Waals surface area contributed by atoms with Crippen LogP contribution in [0.1, 0.15) is 62.7 Å². The smallest absolute Gasteiger partial charge is 0.419 e. The number of unbranched alkanes of at least 4 members (excludes halogenated alkanes) is 2. The largest absolute Gasteiger partial charge is 0.429 e. The Bertz CT molecular complexity index is 1650. The second-order valence-corrected chi connectivity index (χ2v) is 11.5. The van der Waals surface area contributed by atoms with Gasteiger partial charge in [-0.1, -0.05) is 74.7 Å². The number of halogens is 7. The van der Waals surface area contributed by atoms with Crippen molar-refractivity contribution >= 4 is 6.08 Å².